The molecule has 0 bridgehead atoms. The highest BCUT2D eigenvalue weighted by Crippen LogP contribution is 2.17. The second-order valence-corrected chi connectivity index (χ2v) is 7.94. The lowest BCUT2D eigenvalue weighted by Gasteiger charge is -2.13. The van der Waals surface area contributed by atoms with E-state index in [4.69, 9.17) is 9.84 Å². The summed E-state index contributed by atoms with van der Waals surface area (Å²) in [7, 11) is 0. The Morgan fingerprint density at radius 1 is 0.862 bits per heavy atom. The molecule has 0 amide bonds. The minimum Gasteiger partial charge on any atom is -0.481 e. The first kappa shape index (κ1) is 27.4. The van der Waals surface area contributed by atoms with Gasteiger partial charge in [-0.2, -0.15) is 0 Å². The molecule has 0 aliphatic heterocycles. The van der Waals surface area contributed by atoms with Gasteiger partial charge in [-0.15, -0.1) is 0 Å². The van der Waals surface area contributed by atoms with Gasteiger partial charge in [0.25, 0.3) is 0 Å². The van der Waals surface area contributed by atoms with Gasteiger partial charge in [0.15, 0.2) is 0 Å². The third kappa shape index (κ3) is 19.5. The molecule has 0 rings (SSSR count). The number of carboxylic acids is 1. The number of carbonyl (C=O) groups is 2. The van der Waals surface area contributed by atoms with E-state index in [1.807, 2.05) is 0 Å². The quantitative estimate of drug-likeness (QED) is 0.124. The summed E-state index contributed by atoms with van der Waals surface area (Å²) in [6, 6.07) is 0. The average molecular weight is 409 g/mol. The molecule has 4 nitrogen and oxygen atoms in total. The largest absolute Gasteiger partial charge is 0.481 e. The van der Waals surface area contributed by atoms with E-state index in [0.717, 1.165) is 19.3 Å². The van der Waals surface area contributed by atoms with Crippen LogP contribution in [-0.2, 0) is 14.3 Å². The number of rotatable bonds is 21. The van der Waals surface area contributed by atoms with Crippen molar-refractivity contribution in [3.63, 3.8) is 0 Å². The number of hydrogen-bond donors (Lipinski definition) is 1. The van der Waals surface area contributed by atoms with E-state index < -0.39 is 17.9 Å². The van der Waals surface area contributed by atoms with Crippen LogP contribution in [0.4, 0.5) is 0 Å². The number of carbonyl (C=O) groups excluding carboxylic acids is 1. The van der Waals surface area contributed by atoms with Crippen molar-refractivity contribution >= 4 is 11.9 Å². The molecule has 0 aromatic carbocycles. The van der Waals surface area contributed by atoms with Crippen LogP contribution in [0.25, 0.3) is 0 Å². The Hall–Kier alpha value is -1.58. The molecule has 0 aliphatic rings. The highest BCUT2D eigenvalue weighted by atomic mass is 16.5. The molecule has 1 N–H and O–H groups in total. The Labute approximate surface area is 178 Å². The monoisotopic (exact) mass is 408 g/mol. The summed E-state index contributed by atoms with van der Waals surface area (Å²) < 4.78 is 5.01. The first-order chi connectivity index (χ1) is 14.1. The number of ether oxygens (including phenoxy) is 1. The highest BCUT2D eigenvalue weighted by Gasteiger charge is 2.22. The van der Waals surface area contributed by atoms with Crippen LogP contribution in [-0.4, -0.2) is 23.7 Å². The topological polar surface area (TPSA) is 63.6 Å². The van der Waals surface area contributed by atoms with Gasteiger partial charge in [0.05, 0.1) is 12.3 Å². The predicted octanol–water partition coefficient (Wildman–Crippen LogP) is 7.23. The van der Waals surface area contributed by atoms with E-state index in [2.05, 4.69) is 25.7 Å². The summed E-state index contributed by atoms with van der Waals surface area (Å²) in [6.45, 7) is 5.90. The zero-order valence-corrected chi connectivity index (χ0v) is 18.7. The standard InChI is InChI=1S/C25H44O4/c1-3-5-6-7-8-9-10-11-12-13-14-15-16-17-18-19-20-23(22-24(26)27)25(28)29-21-4-2/h4,10-11,23H,2-3,5-9,12-22H2,1H3,(H,26,27)/b11-10+. The van der Waals surface area contributed by atoms with Crippen LogP contribution in [0.2, 0.25) is 0 Å². The normalized spacial score (nSPS) is 12.2. The van der Waals surface area contributed by atoms with Crippen molar-refractivity contribution in [1.29, 1.82) is 0 Å². The Morgan fingerprint density at radius 3 is 1.90 bits per heavy atom. The van der Waals surface area contributed by atoms with Crippen LogP contribution in [0, 0.1) is 5.92 Å². The van der Waals surface area contributed by atoms with Gasteiger partial charge in [0, 0.05) is 0 Å². The Balaban J connectivity index is 3.57. The maximum absolute atomic E-state index is 11.9. The third-order valence-electron chi connectivity index (χ3n) is 5.16. The maximum Gasteiger partial charge on any atom is 0.309 e. The summed E-state index contributed by atoms with van der Waals surface area (Å²) in [4.78, 5) is 22.8. The molecule has 0 heterocycles. The summed E-state index contributed by atoms with van der Waals surface area (Å²) in [5, 5.41) is 8.96. The zero-order valence-electron chi connectivity index (χ0n) is 18.7. The zero-order chi connectivity index (χ0) is 21.6. The van der Waals surface area contributed by atoms with Gasteiger partial charge in [-0.1, -0.05) is 95.9 Å². The van der Waals surface area contributed by atoms with E-state index in [-0.39, 0.29) is 13.0 Å². The first-order valence-corrected chi connectivity index (χ1v) is 11.8. The van der Waals surface area contributed by atoms with Crippen molar-refractivity contribution in [2.45, 2.75) is 110 Å². The van der Waals surface area contributed by atoms with E-state index in [9.17, 15) is 9.59 Å². The average Bonchev–Trinajstić information content (AvgIpc) is 2.70. The van der Waals surface area contributed by atoms with Crippen molar-refractivity contribution in [2.24, 2.45) is 5.92 Å². The minimum absolute atomic E-state index is 0.142. The first-order valence-electron chi connectivity index (χ1n) is 11.8. The molecule has 1 atom stereocenters. The summed E-state index contributed by atoms with van der Waals surface area (Å²) >= 11 is 0. The lowest BCUT2D eigenvalue weighted by Crippen LogP contribution is -2.21. The Kier molecular flexibility index (Phi) is 20.0. The minimum atomic E-state index is -0.948. The number of esters is 1. The molecule has 0 radical (unpaired) electrons. The van der Waals surface area contributed by atoms with E-state index in [0.29, 0.717) is 6.42 Å². The van der Waals surface area contributed by atoms with E-state index in [1.54, 1.807) is 0 Å². The number of allylic oxidation sites excluding steroid dienone is 2. The molecule has 0 fully saturated rings. The van der Waals surface area contributed by atoms with Crippen LogP contribution in [0.3, 0.4) is 0 Å². The van der Waals surface area contributed by atoms with Crippen LogP contribution in [0.1, 0.15) is 110 Å². The van der Waals surface area contributed by atoms with Crippen LogP contribution < -0.4 is 0 Å². The second-order valence-electron chi connectivity index (χ2n) is 7.94. The lowest BCUT2D eigenvalue weighted by molar-refractivity contribution is -0.152. The number of carboxylic acid groups (broad SMARTS) is 1. The molecule has 0 aromatic rings. The molecule has 168 valence electrons. The van der Waals surface area contributed by atoms with Gasteiger partial charge in [-0.05, 0) is 32.1 Å². The molecule has 1 unspecified atom stereocenters. The predicted molar refractivity (Wildman–Crippen MR) is 121 cm³/mol. The molecule has 0 aromatic heterocycles. The van der Waals surface area contributed by atoms with Gasteiger partial charge in [0.2, 0.25) is 0 Å². The molecule has 0 saturated heterocycles. The molecule has 29 heavy (non-hydrogen) atoms. The number of hydrogen-bond acceptors (Lipinski definition) is 3. The SMILES string of the molecule is C=CCOC(=O)C(CCCCCCCCC/C=C/CCCCCCC)CC(=O)O. The van der Waals surface area contributed by atoms with E-state index >= 15 is 0 Å². The fourth-order valence-electron chi connectivity index (χ4n) is 3.41. The van der Waals surface area contributed by atoms with Crippen LogP contribution in [0.15, 0.2) is 24.8 Å². The molecule has 0 aliphatic carbocycles. The van der Waals surface area contributed by atoms with Crippen molar-refractivity contribution in [3.8, 4) is 0 Å². The van der Waals surface area contributed by atoms with Gasteiger partial charge in [-0.3, -0.25) is 9.59 Å². The van der Waals surface area contributed by atoms with E-state index in [1.165, 1.54) is 76.7 Å². The van der Waals surface area contributed by atoms with Gasteiger partial charge in [-0.25, -0.2) is 0 Å². The Morgan fingerprint density at radius 2 is 1.38 bits per heavy atom. The Bertz CT molecular complexity index is 442. The van der Waals surface area contributed by atoms with Crippen molar-refractivity contribution < 1.29 is 19.4 Å². The van der Waals surface area contributed by atoms with Crippen LogP contribution in [0.5, 0.6) is 0 Å². The molecule has 0 saturated carbocycles. The van der Waals surface area contributed by atoms with Gasteiger partial charge >= 0.3 is 11.9 Å². The van der Waals surface area contributed by atoms with Gasteiger partial charge in [0.1, 0.15) is 6.61 Å². The van der Waals surface area contributed by atoms with Crippen molar-refractivity contribution in [2.75, 3.05) is 6.61 Å². The number of unbranched alkanes of at least 4 members (excludes halogenated alkanes) is 12. The molecule has 4 heteroatoms. The fourth-order valence-corrected chi connectivity index (χ4v) is 3.41. The van der Waals surface area contributed by atoms with Crippen molar-refractivity contribution in [3.05, 3.63) is 24.8 Å². The second kappa shape index (κ2) is 21.1. The third-order valence-corrected chi connectivity index (χ3v) is 5.16. The molecule has 0 spiro atoms. The fraction of sp³-hybridized carbons (Fsp3) is 0.760. The smallest absolute Gasteiger partial charge is 0.309 e. The molecular formula is C25H44O4. The van der Waals surface area contributed by atoms with Gasteiger partial charge < -0.3 is 9.84 Å². The van der Waals surface area contributed by atoms with Crippen molar-refractivity contribution in [1.82, 2.24) is 0 Å². The summed E-state index contributed by atoms with van der Waals surface area (Å²) in [6.07, 6.45) is 23.9. The number of aliphatic carboxylic acids is 1. The van der Waals surface area contributed by atoms with Crippen LogP contribution >= 0.6 is 0 Å². The highest BCUT2D eigenvalue weighted by molar-refractivity contribution is 5.79. The summed E-state index contributed by atoms with van der Waals surface area (Å²) in [5.41, 5.74) is 0. The molecular weight excluding hydrogens is 364 g/mol. The lowest BCUT2D eigenvalue weighted by atomic mass is 9.97. The maximum atomic E-state index is 11.9. The summed E-state index contributed by atoms with van der Waals surface area (Å²) in [5.74, 6) is -1.90.